The first-order valence-corrected chi connectivity index (χ1v) is 4.44. The molecule has 0 heterocycles. The summed E-state index contributed by atoms with van der Waals surface area (Å²) in [6, 6.07) is 0. The van der Waals surface area contributed by atoms with E-state index in [1.807, 2.05) is 6.26 Å². The van der Waals surface area contributed by atoms with Crippen LogP contribution < -0.4 is 5.73 Å². The zero-order valence-electron chi connectivity index (χ0n) is 6.24. The molecule has 0 unspecified atom stereocenters. The van der Waals surface area contributed by atoms with Crippen LogP contribution >= 0.6 is 11.8 Å². The molecular weight excluding hydrogens is 166 g/mol. The molecule has 4 nitrogen and oxygen atoms in total. The SMILES string of the molecule is CSCC[C@@](N)(C=O)C(=O)O. The van der Waals surface area contributed by atoms with Crippen LogP contribution in [-0.4, -0.2) is 34.9 Å². The van der Waals surface area contributed by atoms with Crippen LogP contribution in [0, 0.1) is 0 Å². The average molecular weight is 177 g/mol. The Hall–Kier alpha value is -0.550. The third kappa shape index (κ3) is 2.90. The molecule has 0 aromatic rings. The summed E-state index contributed by atoms with van der Waals surface area (Å²) < 4.78 is 0. The van der Waals surface area contributed by atoms with Crippen molar-refractivity contribution in [3.63, 3.8) is 0 Å². The number of rotatable bonds is 5. The molecule has 3 N–H and O–H groups in total. The molecular formula is C6H11NO3S. The number of aliphatic carboxylic acids is 1. The Kier molecular flexibility index (Phi) is 4.14. The Morgan fingerprint density at radius 2 is 2.36 bits per heavy atom. The Balaban J connectivity index is 4.10. The van der Waals surface area contributed by atoms with Crippen LogP contribution in [0.4, 0.5) is 0 Å². The van der Waals surface area contributed by atoms with Crippen LogP contribution in [-0.2, 0) is 9.59 Å². The Bertz CT molecular complexity index is 162. The van der Waals surface area contributed by atoms with Gasteiger partial charge in [-0.05, 0) is 18.4 Å². The van der Waals surface area contributed by atoms with Gasteiger partial charge in [0, 0.05) is 0 Å². The van der Waals surface area contributed by atoms with E-state index in [4.69, 9.17) is 10.8 Å². The number of carboxylic acid groups (broad SMARTS) is 1. The molecule has 0 aliphatic heterocycles. The minimum atomic E-state index is -1.69. The van der Waals surface area contributed by atoms with Crippen LogP contribution in [0.1, 0.15) is 6.42 Å². The second kappa shape index (κ2) is 4.35. The highest BCUT2D eigenvalue weighted by molar-refractivity contribution is 7.98. The number of thioether (sulfide) groups is 1. The lowest BCUT2D eigenvalue weighted by Crippen LogP contribution is -2.50. The largest absolute Gasteiger partial charge is 0.480 e. The molecule has 0 aliphatic rings. The smallest absolute Gasteiger partial charge is 0.331 e. The molecule has 0 spiro atoms. The van der Waals surface area contributed by atoms with Crippen molar-refractivity contribution in [2.75, 3.05) is 12.0 Å². The number of nitrogens with two attached hydrogens (primary N) is 1. The Labute approximate surface area is 69.1 Å². The predicted molar refractivity (Wildman–Crippen MR) is 43.6 cm³/mol. The number of hydrogen-bond donors (Lipinski definition) is 2. The minimum absolute atomic E-state index is 0.174. The summed E-state index contributed by atoms with van der Waals surface area (Å²) in [5.74, 6) is -0.691. The van der Waals surface area contributed by atoms with Crippen molar-refractivity contribution in [3.05, 3.63) is 0 Å². The van der Waals surface area contributed by atoms with Crippen molar-refractivity contribution < 1.29 is 14.7 Å². The lowest BCUT2D eigenvalue weighted by Gasteiger charge is -2.15. The molecule has 64 valence electrons. The maximum Gasteiger partial charge on any atom is 0.331 e. The van der Waals surface area contributed by atoms with Crippen molar-refractivity contribution in [2.24, 2.45) is 5.73 Å². The van der Waals surface area contributed by atoms with Crippen LogP contribution in [0.2, 0.25) is 0 Å². The van der Waals surface area contributed by atoms with Gasteiger partial charge in [-0.1, -0.05) is 0 Å². The summed E-state index contributed by atoms with van der Waals surface area (Å²) >= 11 is 1.46. The van der Waals surface area contributed by atoms with Gasteiger partial charge in [0.15, 0.2) is 11.8 Å². The second-order valence-electron chi connectivity index (χ2n) is 2.21. The van der Waals surface area contributed by atoms with Gasteiger partial charge >= 0.3 is 5.97 Å². The van der Waals surface area contributed by atoms with Gasteiger partial charge < -0.3 is 15.6 Å². The van der Waals surface area contributed by atoms with Gasteiger partial charge in [-0.25, -0.2) is 4.79 Å². The van der Waals surface area contributed by atoms with Crippen molar-refractivity contribution in [3.8, 4) is 0 Å². The fourth-order valence-corrected chi connectivity index (χ4v) is 1.03. The molecule has 0 amide bonds. The first kappa shape index (κ1) is 10.4. The second-order valence-corrected chi connectivity index (χ2v) is 3.19. The van der Waals surface area contributed by atoms with E-state index in [2.05, 4.69) is 0 Å². The molecule has 0 saturated carbocycles. The standard InChI is InChI=1S/C6H11NO3S/c1-11-3-2-6(7,4-8)5(9)10/h4H,2-3,7H2,1H3,(H,9,10)/t6-/m1/s1. The number of carboxylic acids is 1. The number of aldehydes is 1. The molecule has 0 radical (unpaired) electrons. The molecule has 0 rings (SSSR count). The lowest BCUT2D eigenvalue weighted by molar-refractivity contribution is -0.145. The maximum absolute atomic E-state index is 10.4. The highest BCUT2D eigenvalue weighted by Crippen LogP contribution is 2.07. The van der Waals surface area contributed by atoms with Gasteiger partial charge in [-0.2, -0.15) is 11.8 Å². The topological polar surface area (TPSA) is 80.4 Å². The molecule has 0 aromatic heterocycles. The van der Waals surface area contributed by atoms with Gasteiger partial charge in [0.05, 0.1) is 0 Å². The molecule has 0 aliphatic carbocycles. The molecule has 5 heteroatoms. The third-order valence-corrected chi connectivity index (χ3v) is 1.94. The maximum atomic E-state index is 10.4. The van der Waals surface area contributed by atoms with E-state index < -0.39 is 11.5 Å². The number of carbonyl (C=O) groups is 2. The van der Waals surface area contributed by atoms with Gasteiger partial charge in [0.25, 0.3) is 0 Å². The summed E-state index contributed by atoms with van der Waals surface area (Å²) in [5, 5.41) is 8.49. The van der Waals surface area contributed by atoms with Gasteiger partial charge in [0.2, 0.25) is 0 Å². The number of hydrogen-bond acceptors (Lipinski definition) is 4. The van der Waals surface area contributed by atoms with Gasteiger partial charge in [0.1, 0.15) is 0 Å². The van der Waals surface area contributed by atoms with E-state index in [1.54, 1.807) is 0 Å². The molecule has 0 saturated heterocycles. The van der Waals surface area contributed by atoms with E-state index in [1.165, 1.54) is 11.8 Å². The van der Waals surface area contributed by atoms with Crippen LogP contribution in [0.3, 0.4) is 0 Å². The van der Waals surface area contributed by atoms with Gasteiger partial charge in [-0.3, -0.25) is 0 Å². The first-order valence-electron chi connectivity index (χ1n) is 3.04. The van der Waals surface area contributed by atoms with Crippen molar-refractivity contribution in [1.82, 2.24) is 0 Å². The predicted octanol–water partition coefficient (Wildman–Crippen LogP) is -0.280. The molecule has 1 atom stereocenters. The zero-order valence-corrected chi connectivity index (χ0v) is 7.06. The van der Waals surface area contributed by atoms with E-state index >= 15 is 0 Å². The zero-order chi connectivity index (χ0) is 8.91. The Morgan fingerprint density at radius 1 is 1.82 bits per heavy atom. The normalized spacial score (nSPS) is 15.5. The minimum Gasteiger partial charge on any atom is -0.480 e. The van der Waals surface area contributed by atoms with Crippen LogP contribution in [0.5, 0.6) is 0 Å². The summed E-state index contributed by atoms with van der Waals surface area (Å²) in [6.45, 7) is 0. The summed E-state index contributed by atoms with van der Waals surface area (Å²) in [5.41, 5.74) is 3.55. The highest BCUT2D eigenvalue weighted by atomic mass is 32.2. The summed E-state index contributed by atoms with van der Waals surface area (Å²) in [4.78, 5) is 20.7. The quantitative estimate of drug-likeness (QED) is 0.446. The fourth-order valence-electron chi connectivity index (χ4n) is 0.487. The molecule has 0 fully saturated rings. The highest BCUT2D eigenvalue weighted by Gasteiger charge is 2.32. The van der Waals surface area contributed by atoms with E-state index in [0.717, 1.165) is 0 Å². The molecule has 0 bridgehead atoms. The Morgan fingerprint density at radius 3 is 2.64 bits per heavy atom. The first-order chi connectivity index (χ1) is 5.06. The lowest BCUT2D eigenvalue weighted by atomic mass is 10.0. The summed E-state index contributed by atoms with van der Waals surface area (Å²) in [6.07, 6.45) is 2.28. The van der Waals surface area contributed by atoms with E-state index in [0.29, 0.717) is 5.75 Å². The fraction of sp³-hybridized carbons (Fsp3) is 0.667. The third-order valence-electron chi connectivity index (χ3n) is 1.33. The van der Waals surface area contributed by atoms with Crippen molar-refractivity contribution in [1.29, 1.82) is 0 Å². The number of carbonyl (C=O) groups excluding carboxylic acids is 1. The monoisotopic (exact) mass is 177 g/mol. The molecule has 0 aromatic carbocycles. The van der Waals surface area contributed by atoms with Crippen molar-refractivity contribution >= 4 is 24.0 Å². The van der Waals surface area contributed by atoms with E-state index in [-0.39, 0.29) is 12.7 Å². The van der Waals surface area contributed by atoms with E-state index in [9.17, 15) is 9.59 Å². The van der Waals surface area contributed by atoms with Crippen LogP contribution in [0.25, 0.3) is 0 Å². The average Bonchev–Trinajstić information content (AvgIpc) is 2.00. The molecule has 11 heavy (non-hydrogen) atoms. The summed E-state index contributed by atoms with van der Waals surface area (Å²) in [7, 11) is 0. The van der Waals surface area contributed by atoms with Gasteiger partial charge in [-0.15, -0.1) is 0 Å². The van der Waals surface area contributed by atoms with Crippen LogP contribution in [0.15, 0.2) is 0 Å². The van der Waals surface area contributed by atoms with Crippen molar-refractivity contribution in [2.45, 2.75) is 12.0 Å².